The maximum atomic E-state index is 2.76. The lowest BCUT2D eigenvalue weighted by atomic mass is 9.88. The molecule has 0 radical (unpaired) electrons. The van der Waals surface area contributed by atoms with E-state index in [-0.39, 0.29) is 0 Å². The Morgan fingerprint density at radius 2 is 0.850 bits per heavy atom. The summed E-state index contributed by atoms with van der Waals surface area (Å²) in [4.78, 5) is 5.51. The smallest absolute Gasteiger partial charge is 0.0110 e. The Morgan fingerprint density at radius 1 is 0.500 bits per heavy atom. The zero-order valence-corrected chi connectivity index (χ0v) is 13.4. The average Bonchev–Trinajstić information content (AvgIpc) is 2.51. The van der Waals surface area contributed by atoms with Crippen molar-refractivity contribution in [2.45, 2.75) is 64.2 Å². The number of piperazine rings is 1. The molecule has 0 aromatic rings. The van der Waals surface area contributed by atoms with Crippen molar-refractivity contribution in [2.75, 3.05) is 39.3 Å². The molecule has 3 aliphatic rings. The van der Waals surface area contributed by atoms with Gasteiger partial charge in [-0.1, -0.05) is 38.5 Å². The van der Waals surface area contributed by atoms with Crippen LogP contribution in [0.2, 0.25) is 0 Å². The van der Waals surface area contributed by atoms with Crippen LogP contribution in [-0.2, 0) is 0 Å². The van der Waals surface area contributed by atoms with E-state index in [0.29, 0.717) is 0 Å². The number of nitrogens with zero attached hydrogens (tertiary/aromatic N) is 2. The molecule has 1 saturated heterocycles. The summed E-state index contributed by atoms with van der Waals surface area (Å²) >= 11 is 0. The van der Waals surface area contributed by atoms with E-state index < -0.39 is 0 Å². The molecule has 2 nitrogen and oxygen atoms in total. The molecular formula is C18H34N2. The van der Waals surface area contributed by atoms with Gasteiger partial charge in [0, 0.05) is 39.3 Å². The summed E-state index contributed by atoms with van der Waals surface area (Å²) in [5.41, 5.74) is 0. The largest absolute Gasteiger partial charge is 0.301 e. The van der Waals surface area contributed by atoms with Gasteiger partial charge in [0.15, 0.2) is 0 Å². The molecule has 0 N–H and O–H groups in total. The molecule has 0 spiro atoms. The molecular weight excluding hydrogens is 244 g/mol. The predicted octanol–water partition coefficient (Wildman–Crippen LogP) is 3.76. The maximum Gasteiger partial charge on any atom is 0.0110 e. The van der Waals surface area contributed by atoms with Crippen molar-refractivity contribution in [2.24, 2.45) is 11.8 Å². The number of hydrogen-bond acceptors (Lipinski definition) is 2. The van der Waals surface area contributed by atoms with Crippen LogP contribution in [0.1, 0.15) is 64.2 Å². The second-order valence-corrected chi connectivity index (χ2v) is 7.61. The SMILES string of the molecule is C1CCC(CN2CCN(CC3CCCCC3)CC2)CC1. The quantitative estimate of drug-likeness (QED) is 0.772. The third-order valence-electron chi connectivity index (χ3n) is 5.95. The summed E-state index contributed by atoms with van der Waals surface area (Å²) in [7, 11) is 0. The highest BCUT2D eigenvalue weighted by molar-refractivity contribution is 4.78. The van der Waals surface area contributed by atoms with Crippen molar-refractivity contribution in [3.63, 3.8) is 0 Å². The van der Waals surface area contributed by atoms with E-state index in [4.69, 9.17) is 0 Å². The first kappa shape index (κ1) is 14.8. The first-order chi connectivity index (χ1) is 9.90. The topological polar surface area (TPSA) is 6.48 Å². The minimum Gasteiger partial charge on any atom is -0.301 e. The highest BCUT2D eigenvalue weighted by Gasteiger charge is 2.23. The van der Waals surface area contributed by atoms with Crippen molar-refractivity contribution >= 4 is 0 Å². The van der Waals surface area contributed by atoms with Gasteiger partial charge in [-0.2, -0.15) is 0 Å². The zero-order valence-electron chi connectivity index (χ0n) is 13.4. The molecule has 0 unspecified atom stereocenters. The Bertz CT molecular complexity index is 231. The van der Waals surface area contributed by atoms with Gasteiger partial charge in [0.05, 0.1) is 0 Å². The van der Waals surface area contributed by atoms with Crippen molar-refractivity contribution in [3.05, 3.63) is 0 Å². The highest BCUT2D eigenvalue weighted by atomic mass is 15.3. The highest BCUT2D eigenvalue weighted by Crippen LogP contribution is 2.26. The van der Waals surface area contributed by atoms with Crippen LogP contribution in [0.25, 0.3) is 0 Å². The fourth-order valence-corrected chi connectivity index (χ4v) is 4.62. The minimum absolute atomic E-state index is 1.02. The number of hydrogen-bond donors (Lipinski definition) is 0. The lowest BCUT2D eigenvalue weighted by molar-refractivity contribution is 0.0929. The van der Waals surface area contributed by atoms with E-state index in [2.05, 4.69) is 9.80 Å². The first-order valence-electron chi connectivity index (χ1n) is 9.35. The van der Waals surface area contributed by atoms with Crippen molar-refractivity contribution in [3.8, 4) is 0 Å². The third kappa shape index (κ3) is 4.46. The fraction of sp³-hybridized carbons (Fsp3) is 1.00. The third-order valence-corrected chi connectivity index (χ3v) is 5.95. The van der Waals surface area contributed by atoms with Crippen molar-refractivity contribution in [1.29, 1.82) is 0 Å². The summed E-state index contributed by atoms with van der Waals surface area (Å²) in [5, 5.41) is 0. The molecule has 2 aliphatic carbocycles. The second-order valence-electron chi connectivity index (χ2n) is 7.61. The van der Waals surface area contributed by atoms with Crippen LogP contribution in [0.15, 0.2) is 0 Å². The Kier molecular flexibility index (Phi) is 5.78. The second kappa shape index (κ2) is 7.79. The van der Waals surface area contributed by atoms with Gasteiger partial charge in [-0.05, 0) is 37.5 Å². The molecule has 3 fully saturated rings. The van der Waals surface area contributed by atoms with Crippen LogP contribution < -0.4 is 0 Å². The van der Waals surface area contributed by atoms with E-state index in [0.717, 1.165) is 11.8 Å². The van der Waals surface area contributed by atoms with Crippen LogP contribution in [0.4, 0.5) is 0 Å². The van der Waals surface area contributed by atoms with Crippen molar-refractivity contribution < 1.29 is 0 Å². The van der Waals surface area contributed by atoms with E-state index in [9.17, 15) is 0 Å². The lowest BCUT2D eigenvalue weighted by Gasteiger charge is -2.39. The van der Waals surface area contributed by atoms with Crippen LogP contribution >= 0.6 is 0 Å². The molecule has 116 valence electrons. The molecule has 1 aliphatic heterocycles. The van der Waals surface area contributed by atoms with Gasteiger partial charge in [0.25, 0.3) is 0 Å². The molecule has 0 amide bonds. The average molecular weight is 278 g/mol. The van der Waals surface area contributed by atoms with Gasteiger partial charge in [-0.3, -0.25) is 0 Å². The van der Waals surface area contributed by atoms with Gasteiger partial charge in [0.2, 0.25) is 0 Å². The van der Waals surface area contributed by atoms with Crippen LogP contribution in [-0.4, -0.2) is 49.1 Å². The molecule has 20 heavy (non-hydrogen) atoms. The predicted molar refractivity (Wildman–Crippen MR) is 86.0 cm³/mol. The Morgan fingerprint density at radius 3 is 1.20 bits per heavy atom. The summed E-state index contributed by atoms with van der Waals surface area (Å²) < 4.78 is 0. The summed E-state index contributed by atoms with van der Waals surface area (Å²) in [6, 6.07) is 0. The van der Waals surface area contributed by atoms with Gasteiger partial charge in [-0.15, -0.1) is 0 Å². The fourth-order valence-electron chi connectivity index (χ4n) is 4.62. The summed E-state index contributed by atoms with van der Waals surface area (Å²) in [6.07, 6.45) is 15.0. The molecule has 3 rings (SSSR count). The van der Waals surface area contributed by atoms with E-state index in [1.54, 1.807) is 0 Å². The van der Waals surface area contributed by atoms with Crippen LogP contribution in [0.5, 0.6) is 0 Å². The monoisotopic (exact) mass is 278 g/mol. The minimum atomic E-state index is 1.02. The first-order valence-corrected chi connectivity index (χ1v) is 9.35. The van der Waals surface area contributed by atoms with E-state index in [1.165, 1.54) is 103 Å². The van der Waals surface area contributed by atoms with Crippen LogP contribution in [0, 0.1) is 11.8 Å². The molecule has 0 atom stereocenters. The summed E-state index contributed by atoms with van der Waals surface area (Å²) in [6.45, 7) is 8.15. The Labute approximate surface area is 125 Å². The zero-order chi connectivity index (χ0) is 13.6. The Hall–Kier alpha value is -0.0800. The Balaban J connectivity index is 1.33. The molecule has 1 heterocycles. The molecule has 0 aromatic heterocycles. The van der Waals surface area contributed by atoms with Gasteiger partial charge >= 0.3 is 0 Å². The normalized spacial score (nSPS) is 28.8. The standard InChI is InChI=1S/C18H34N2/c1-3-7-17(8-4-1)15-19-11-13-20(14-12-19)16-18-9-5-2-6-10-18/h17-18H,1-16H2. The lowest BCUT2D eigenvalue weighted by Crippen LogP contribution is -2.49. The van der Waals surface area contributed by atoms with E-state index in [1.807, 2.05) is 0 Å². The van der Waals surface area contributed by atoms with Gasteiger partial charge in [0.1, 0.15) is 0 Å². The molecule has 0 bridgehead atoms. The molecule has 2 saturated carbocycles. The molecule has 2 heteroatoms. The van der Waals surface area contributed by atoms with Crippen LogP contribution in [0.3, 0.4) is 0 Å². The van der Waals surface area contributed by atoms with Crippen molar-refractivity contribution in [1.82, 2.24) is 9.80 Å². The van der Waals surface area contributed by atoms with Gasteiger partial charge in [-0.25, -0.2) is 0 Å². The van der Waals surface area contributed by atoms with E-state index >= 15 is 0 Å². The van der Waals surface area contributed by atoms with Gasteiger partial charge < -0.3 is 9.80 Å². The number of rotatable bonds is 4. The molecule has 0 aromatic carbocycles. The summed E-state index contributed by atoms with van der Waals surface area (Å²) in [5.74, 6) is 2.04. The maximum absolute atomic E-state index is 2.76.